The Labute approximate surface area is 203 Å². The van der Waals surface area contributed by atoms with Crippen LogP contribution in [0.2, 0.25) is 0 Å². The van der Waals surface area contributed by atoms with E-state index >= 15 is 0 Å². The summed E-state index contributed by atoms with van der Waals surface area (Å²) in [5.74, 6) is 0.763. The summed E-state index contributed by atoms with van der Waals surface area (Å²) in [7, 11) is -3.72. The number of para-hydroxylation sites is 1. The van der Waals surface area contributed by atoms with Crippen LogP contribution in [0.15, 0.2) is 82.2 Å². The molecule has 0 aromatic heterocycles. The van der Waals surface area contributed by atoms with Crippen LogP contribution in [0.3, 0.4) is 0 Å². The molecular weight excluding hydrogens is 504 g/mol. The largest absolute Gasteiger partial charge is 0.492 e. The number of nitrogens with zero attached hydrogens (tertiary/aromatic N) is 1. The zero-order chi connectivity index (χ0) is 24.0. The molecule has 0 aliphatic heterocycles. The number of ether oxygens (including phenoxy) is 1. The molecular formula is C25H27BrN2O4S. The Hall–Kier alpha value is -2.84. The molecule has 0 saturated carbocycles. The standard InChI is InChI=1S/C25H27BrN2O4S/c1-4-28(21-8-6-5-7-9-21)33(30,31)22-13-11-20(12-14-22)27-25(29)19-10-15-24(23(26)16-19)32-17-18(2)3/h5-16,18H,4,17H2,1-3H3,(H,27,29). The molecule has 1 amide bonds. The van der Waals surface area contributed by atoms with E-state index in [2.05, 4.69) is 35.1 Å². The van der Waals surface area contributed by atoms with Crippen LogP contribution in [0.5, 0.6) is 5.75 Å². The molecule has 3 rings (SSSR count). The van der Waals surface area contributed by atoms with Gasteiger partial charge in [-0.1, -0.05) is 32.0 Å². The molecule has 0 heterocycles. The van der Waals surface area contributed by atoms with Crippen LogP contribution in [-0.2, 0) is 10.0 Å². The van der Waals surface area contributed by atoms with Gasteiger partial charge in [-0.2, -0.15) is 0 Å². The second-order valence-electron chi connectivity index (χ2n) is 7.83. The normalized spacial score (nSPS) is 11.3. The lowest BCUT2D eigenvalue weighted by atomic mass is 10.2. The molecule has 0 spiro atoms. The van der Waals surface area contributed by atoms with Crippen molar-refractivity contribution >= 4 is 43.2 Å². The molecule has 6 nitrogen and oxygen atoms in total. The zero-order valence-corrected chi connectivity index (χ0v) is 21.2. The van der Waals surface area contributed by atoms with Crippen LogP contribution in [0.25, 0.3) is 0 Å². The Balaban J connectivity index is 1.72. The van der Waals surface area contributed by atoms with Gasteiger partial charge in [0.15, 0.2) is 0 Å². The summed E-state index contributed by atoms with van der Waals surface area (Å²) in [6.07, 6.45) is 0. The highest BCUT2D eigenvalue weighted by atomic mass is 79.9. The smallest absolute Gasteiger partial charge is 0.264 e. The third-order valence-electron chi connectivity index (χ3n) is 4.80. The predicted octanol–water partition coefficient (Wildman–Crippen LogP) is 5.95. The van der Waals surface area contributed by atoms with Crippen molar-refractivity contribution in [3.05, 3.63) is 82.8 Å². The first-order chi connectivity index (χ1) is 15.7. The molecule has 8 heteroatoms. The Kier molecular flexibility index (Phi) is 8.15. The van der Waals surface area contributed by atoms with Crippen molar-refractivity contribution in [3.63, 3.8) is 0 Å². The van der Waals surface area contributed by atoms with E-state index < -0.39 is 10.0 Å². The number of hydrogen-bond acceptors (Lipinski definition) is 4. The van der Waals surface area contributed by atoms with Crippen LogP contribution in [0.4, 0.5) is 11.4 Å². The number of sulfonamides is 1. The Morgan fingerprint density at radius 1 is 1.03 bits per heavy atom. The van der Waals surface area contributed by atoms with E-state index in [0.29, 0.717) is 46.2 Å². The average Bonchev–Trinajstić information content (AvgIpc) is 2.79. The lowest BCUT2D eigenvalue weighted by Crippen LogP contribution is -2.30. The summed E-state index contributed by atoms with van der Waals surface area (Å²) in [4.78, 5) is 12.8. The number of carbonyl (C=O) groups is 1. The zero-order valence-electron chi connectivity index (χ0n) is 18.8. The Morgan fingerprint density at radius 3 is 2.27 bits per heavy atom. The number of amides is 1. The van der Waals surface area contributed by atoms with Crippen molar-refractivity contribution in [1.82, 2.24) is 0 Å². The third-order valence-corrected chi connectivity index (χ3v) is 7.33. The maximum atomic E-state index is 13.1. The third kappa shape index (κ3) is 6.15. The average molecular weight is 531 g/mol. The molecule has 0 atom stereocenters. The number of hydrogen-bond donors (Lipinski definition) is 1. The van der Waals surface area contributed by atoms with Crippen molar-refractivity contribution in [2.45, 2.75) is 25.7 Å². The van der Waals surface area contributed by atoms with Gasteiger partial charge in [-0.15, -0.1) is 0 Å². The van der Waals surface area contributed by atoms with Gasteiger partial charge in [0.05, 0.1) is 21.7 Å². The number of halogens is 1. The molecule has 0 saturated heterocycles. The van der Waals surface area contributed by atoms with Gasteiger partial charge in [0.2, 0.25) is 0 Å². The van der Waals surface area contributed by atoms with E-state index in [1.807, 2.05) is 6.07 Å². The minimum absolute atomic E-state index is 0.153. The highest BCUT2D eigenvalue weighted by molar-refractivity contribution is 9.10. The van der Waals surface area contributed by atoms with E-state index in [1.54, 1.807) is 61.5 Å². The number of nitrogens with one attached hydrogen (secondary N) is 1. The van der Waals surface area contributed by atoms with Crippen LogP contribution in [-0.4, -0.2) is 27.5 Å². The SMILES string of the molecule is CCN(c1ccccc1)S(=O)(=O)c1ccc(NC(=O)c2ccc(OCC(C)C)c(Br)c2)cc1. The fraction of sp³-hybridized carbons (Fsp3) is 0.240. The van der Waals surface area contributed by atoms with Gasteiger partial charge in [-0.05, 0) is 83.4 Å². The highest BCUT2D eigenvalue weighted by Crippen LogP contribution is 2.28. The second-order valence-corrected chi connectivity index (χ2v) is 10.6. The van der Waals surface area contributed by atoms with Crippen LogP contribution in [0.1, 0.15) is 31.1 Å². The van der Waals surface area contributed by atoms with Gasteiger partial charge in [0.1, 0.15) is 5.75 Å². The van der Waals surface area contributed by atoms with Gasteiger partial charge >= 0.3 is 0 Å². The summed E-state index contributed by atoms with van der Waals surface area (Å²) in [5, 5.41) is 2.80. The minimum atomic E-state index is -3.72. The summed E-state index contributed by atoms with van der Waals surface area (Å²) >= 11 is 3.45. The van der Waals surface area contributed by atoms with Gasteiger partial charge in [0.25, 0.3) is 15.9 Å². The molecule has 0 bridgehead atoms. The monoisotopic (exact) mass is 530 g/mol. The lowest BCUT2D eigenvalue weighted by molar-refractivity contribution is 0.102. The first-order valence-electron chi connectivity index (χ1n) is 10.6. The minimum Gasteiger partial charge on any atom is -0.492 e. The summed E-state index contributed by atoms with van der Waals surface area (Å²) < 4.78 is 34.0. The molecule has 174 valence electrons. The topological polar surface area (TPSA) is 75.7 Å². The second kappa shape index (κ2) is 10.9. The number of benzene rings is 3. The van der Waals surface area contributed by atoms with Crippen molar-refractivity contribution in [2.24, 2.45) is 5.92 Å². The fourth-order valence-electron chi connectivity index (χ4n) is 3.14. The molecule has 0 fully saturated rings. The highest BCUT2D eigenvalue weighted by Gasteiger charge is 2.23. The van der Waals surface area contributed by atoms with E-state index in [0.717, 1.165) is 0 Å². The Bertz CT molecular complexity index is 1200. The maximum absolute atomic E-state index is 13.1. The summed E-state index contributed by atoms with van der Waals surface area (Å²) in [6, 6.07) is 20.2. The molecule has 0 aliphatic carbocycles. The fourth-order valence-corrected chi connectivity index (χ4v) is 5.11. The number of anilines is 2. The molecule has 1 N–H and O–H groups in total. The Morgan fingerprint density at radius 2 is 1.70 bits per heavy atom. The molecule has 0 aliphatic rings. The van der Waals surface area contributed by atoms with Crippen molar-refractivity contribution in [3.8, 4) is 5.75 Å². The molecule has 0 radical (unpaired) electrons. The van der Waals surface area contributed by atoms with Crippen molar-refractivity contribution in [1.29, 1.82) is 0 Å². The van der Waals surface area contributed by atoms with Crippen LogP contribution in [0, 0.1) is 5.92 Å². The molecule has 0 unspecified atom stereocenters. The number of rotatable bonds is 9. The van der Waals surface area contributed by atoms with Crippen molar-refractivity contribution in [2.75, 3.05) is 22.8 Å². The summed E-state index contributed by atoms with van der Waals surface area (Å²) in [5.41, 5.74) is 1.55. The first-order valence-corrected chi connectivity index (χ1v) is 12.9. The summed E-state index contributed by atoms with van der Waals surface area (Å²) in [6.45, 7) is 6.80. The van der Waals surface area contributed by atoms with E-state index in [-0.39, 0.29) is 10.8 Å². The van der Waals surface area contributed by atoms with Gasteiger partial charge in [0, 0.05) is 17.8 Å². The van der Waals surface area contributed by atoms with Gasteiger partial charge in [-0.25, -0.2) is 8.42 Å². The van der Waals surface area contributed by atoms with Gasteiger partial charge < -0.3 is 10.1 Å². The van der Waals surface area contributed by atoms with Gasteiger partial charge in [-0.3, -0.25) is 9.10 Å². The van der Waals surface area contributed by atoms with E-state index in [1.165, 1.54) is 16.4 Å². The van der Waals surface area contributed by atoms with Crippen molar-refractivity contribution < 1.29 is 17.9 Å². The van der Waals surface area contributed by atoms with Crippen LogP contribution >= 0.6 is 15.9 Å². The predicted molar refractivity (Wildman–Crippen MR) is 136 cm³/mol. The number of carbonyl (C=O) groups excluding carboxylic acids is 1. The van der Waals surface area contributed by atoms with E-state index in [9.17, 15) is 13.2 Å². The quantitative estimate of drug-likeness (QED) is 0.370. The first kappa shape index (κ1) is 24.8. The molecule has 33 heavy (non-hydrogen) atoms. The lowest BCUT2D eigenvalue weighted by Gasteiger charge is -2.23. The van der Waals surface area contributed by atoms with E-state index in [4.69, 9.17) is 4.74 Å². The van der Waals surface area contributed by atoms with Crippen LogP contribution < -0.4 is 14.4 Å². The molecule has 3 aromatic rings. The maximum Gasteiger partial charge on any atom is 0.264 e. The molecule has 3 aromatic carbocycles.